The highest BCUT2D eigenvalue weighted by Gasteiger charge is 2.24. The second-order valence-electron chi connectivity index (χ2n) is 3.96. The van der Waals surface area contributed by atoms with Crippen LogP contribution in [-0.2, 0) is 4.74 Å². The summed E-state index contributed by atoms with van der Waals surface area (Å²) in [7, 11) is 0. The van der Waals surface area contributed by atoms with Crippen molar-refractivity contribution in [3.8, 4) is 6.07 Å². The largest absolute Gasteiger partial charge is 0.360 e. The second-order valence-corrected chi connectivity index (χ2v) is 3.96. The summed E-state index contributed by atoms with van der Waals surface area (Å²) in [5, 5.41) is 8.79. The van der Waals surface area contributed by atoms with Crippen molar-refractivity contribution in [3.05, 3.63) is 29.8 Å². The van der Waals surface area contributed by atoms with Crippen molar-refractivity contribution in [1.29, 1.82) is 5.26 Å². The van der Waals surface area contributed by atoms with E-state index in [0.717, 1.165) is 5.69 Å². The van der Waals surface area contributed by atoms with Crippen molar-refractivity contribution >= 4 is 11.6 Å². The third kappa shape index (κ3) is 2.59. The highest BCUT2D eigenvalue weighted by Crippen LogP contribution is 2.13. The number of amides is 1. The first kappa shape index (κ1) is 12.4. The van der Waals surface area contributed by atoms with Gasteiger partial charge in [-0.25, -0.2) is 0 Å². The van der Waals surface area contributed by atoms with Crippen molar-refractivity contribution in [1.82, 2.24) is 4.90 Å². The summed E-state index contributed by atoms with van der Waals surface area (Å²) in [6.45, 7) is 1.21. The number of morpholine rings is 1. The van der Waals surface area contributed by atoms with Gasteiger partial charge in [0, 0.05) is 17.8 Å². The van der Waals surface area contributed by atoms with Crippen LogP contribution in [0, 0.1) is 11.3 Å². The summed E-state index contributed by atoms with van der Waals surface area (Å²) < 4.78 is 5.20. The lowest BCUT2D eigenvalue weighted by molar-refractivity contribution is 0.00347. The number of nitrogen functional groups attached to an aromatic ring is 1. The van der Waals surface area contributed by atoms with Gasteiger partial charge in [-0.15, -0.1) is 0 Å². The predicted molar refractivity (Wildman–Crippen MR) is 65.5 cm³/mol. The Morgan fingerprint density at radius 3 is 2.83 bits per heavy atom. The maximum atomic E-state index is 12.2. The molecule has 0 aliphatic carbocycles. The summed E-state index contributed by atoms with van der Waals surface area (Å²) in [4.78, 5) is 13.8. The van der Waals surface area contributed by atoms with E-state index in [0.29, 0.717) is 25.3 Å². The first-order valence-corrected chi connectivity index (χ1v) is 5.62. The average molecular weight is 246 g/mol. The lowest BCUT2D eigenvalue weighted by Crippen LogP contribution is -2.45. The smallest absolute Gasteiger partial charge is 0.254 e. The zero-order valence-electron chi connectivity index (χ0n) is 9.80. The van der Waals surface area contributed by atoms with E-state index >= 15 is 0 Å². The zero-order chi connectivity index (χ0) is 13.0. The molecule has 0 bridgehead atoms. The average Bonchev–Trinajstić information content (AvgIpc) is 2.46. The minimum absolute atomic E-state index is 0.0953. The van der Waals surface area contributed by atoms with Crippen LogP contribution in [0.1, 0.15) is 10.4 Å². The van der Waals surface area contributed by atoms with E-state index in [1.54, 1.807) is 29.2 Å². The molecule has 0 aromatic heterocycles. The molecule has 1 aromatic rings. The van der Waals surface area contributed by atoms with E-state index < -0.39 is 6.10 Å². The highest BCUT2D eigenvalue weighted by molar-refractivity contribution is 5.94. The Balaban J connectivity index is 2.08. The molecular formula is C12H14N4O2. The van der Waals surface area contributed by atoms with Crippen molar-refractivity contribution in [2.24, 2.45) is 5.84 Å². The molecule has 0 saturated carbocycles. The zero-order valence-corrected chi connectivity index (χ0v) is 9.80. The number of carbonyl (C=O) groups is 1. The minimum atomic E-state index is -0.535. The number of hydrogen-bond donors (Lipinski definition) is 2. The quantitative estimate of drug-likeness (QED) is 0.580. The van der Waals surface area contributed by atoms with Crippen molar-refractivity contribution in [2.45, 2.75) is 6.10 Å². The summed E-state index contributed by atoms with van der Waals surface area (Å²) in [5.74, 6) is 5.16. The molecule has 1 aliphatic rings. The number of benzene rings is 1. The van der Waals surface area contributed by atoms with Gasteiger partial charge in [0.25, 0.3) is 5.91 Å². The predicted octanol–water partition coefficient (Wildman–Crippen LogP) is 0.337. The van der Waals surface area contributed by atoms with Gasteiger partial charge in [0.15, 0.2) is 6.10 Å². The van der Waals surface area contributed by atoms with Crippen LogP contribution in [0.15, 0.2) is 24.3 Å². The lowest BCUT2D eigenvalue weighted by atomic mass is 10.1. The van der Waals surface area contributed by atoms with Crippen LogP contribution in [0.25, 0.3) is 0 Å². The number of anilines is 1. The molecule has 18 heavy (non-hydrogen) atoms. The normalized spacial score (nSPS) is 19.1. The van der Waals surface area contributed by atoms with E-state index in [4.69, 9.17) is 15.8 Å². The van der Waals surface area contributed by atoms with E-state index in [9.17, 15) is 4.79 Å². The molecular weight excluding hydrogens is 232 g/mol. The van der Waals surface area contributed by atoms with E-state index in [1.807, 2.05) is 6.07 Å². The minimum Gasteiger partial charge on any atom is -0.360 e. The maximum absolute atomic E-state index is 12.2. The van der Waals surface area contributed by atoms with Gasteiger partial charge in [0.2, 0.25) is 0 Å². The molecule has 1 amide bonds. The van der Waals surface area contributed by atoms with Gasteiger partial charge in [0.05, 0.1) is 19.2 Å². The number of nitrogens with two attached hydrogens (primary N) is 1. The molecule has 1 atom stereocenters. The number of hydrogen-bond acceptors (Lipinski definition) is 5. The molecule has 1 aromatic carbocycles. The number of nitrogens with one attached hydrogen (secondary N) is 1. The molecule has 94 valence electrons. The van der Waals surface area contributed by atoms with Gasteiger partial charge in [0.1, 0.15) is 0 Å². The van der Waals surface area contributed by atoms with E-state index in [1.165, 1.54) is 0 Å². The van der Waals surface area contributed by atoms with Gasteiger partial charge in [-0.2, -0.15) is 5.26 Å². The molecule has 1 unspecified atom stereocenters. The second kappa shape index (κ2) is 5.49. The van der Waals surface area contributed by atoms with Crippen molar-refractivity contribution < 1.29 is 9.53 Å². The molecule has 0 radical (unpaired) electrons. The third-order valence-electron chi connectivity index (χ3n) is 2.80. The van der Waals surface area contributed by atoms with Crippen LogP contribution in [0.3, 0.4) is 0 Å². The van der Waals surface area contributed by atoms with Gasteiger partial charge < -0.3 is 15.1 Å². The van der Waals surface area contributed by atoms with E-state index in [-0.39, 0.29) is 5.91 Å². The lowest BCUT2D eigenvalue weighted by Gasteiger charge is -2.29. The molecule has 1 fully saturated rings. The molecule has 3 N–H and O–H groups in total. The first-order valence-electron chi connectivity index (χ1n) is 5.62. The van der Waals surface area contributed by atoms with Gasteiger partial charge in [-0.05, 0) is 24.3 Å². The number of hydrazine groups is 1. The van der Waals surface area contributed by atoms with Crippen LogP contribution in [0.5, 0.6) is 0 Å². The van der Waals surface area contributed by atoms with Crippen LogP contribution < -0.4 is 11.3 Å². The molecule has 1 saturated heterocycles. The standard InChI is InChI=1S/C12H14N4O2/c13-7-11-8-16(5-6-18-11)12(17)9-1-3-10(15-14)4-2-9/h1-4,11,15H,5-6,8,14H2. The monoisotopic (exact) mass is 246 g/mol. The number of nitriles is 1. The SMILES string of the molecule is N#CC1CN(C(=O)c2ccc(NN)cc2)CCO1. The van der Waals surface area contributed by atoms with Crippen LogP contribution in [0.4, 0.5) is 5.69 Å². The number of nitrogens with zero attached hydrogens (tertiary/aromatic N) is 2. The number of ether oxygens (including phenoxy) is 1. The summed E-state index contributed by atoms with van der Waals surface area (Å²) in [5.41, 5.74) is 3.82. The third-order valence-corrected chi connectivity index (χ3v) is 2.80. The Morgan fingerprint density at radius 1 is 1.50 bits per heavy atom. The molecule has 1 aliphatic heterocycles. The Morgan fingerprint density at radius 2 is 2.22 bits per heavy atom. The molecule has 0 spiro atoms. The fraction of sp³-hybridized carbons (Fsp3) is 0.333. The van der Waals surface area contributed by atoms with Gasteiger partial charge in [-0.1, -0.05) is 0 Å². The number of rotatable bonds is 2. The fourth-order valence-corrected chi connectivity index (χ4v) is 1.80. The highest BCUT2D eigenvalue weighted by atomic mass is 16.5. The fourth-order valence-electron chi connectivity index (χ4n) is 1.80. The molecule has 6 heteroatoms. The van der Waals surface area contributed by atoms with Gasteiger partial charge >= 0.3 is 0 Å². The van der Waals surface area contributed by atoms with E-state index in [2.05, 4.69) is 5.43 Å². The topological polar surface area (TPSA) is 91.4 Å². The van der Waals surface area contributed by atoms with Crippen LogP contribution in [0.2, 0.25) is 0 Å². The van der Waals surface area contributed by atoms with Crippen LogP contribution in [-0.4, -0.2) is 36.6 Å². The van der Waals surface area contributed by atoms with Crippen molar-refractivity contribution in [3.63, 3.8) is 0 Å². The maximum Gasteiger partial charge on any atom is 0.254 e. The van der Waals surface area contributed by atoms with Crippen LogP contribution >= 0.6 is 0 Å². The molecule has 1 heterocycles. The summed E-state index contributed by atoms with van der Waals surface area (Å²) in [6, 6.07) is 8.88. The summed E-state index contributed by atoms with van der Waals surface area (Å²) >= 11 is 0. The van der Waals surface area contributed by atoms with Gasteiger partial charge in [-0.3, -0.25) is 10.6 Å². The molecule has 2 rings (SSSR count). The van der Waals surface area contributed by atoms with Crippen molar-refractivity contribution in [2.75, 3.05) is 25.1 Å². The number of carbonyl (C=O) groups excluding carboxylic acids is 1. The first-order chi connectivity index (χ1) is 8.74. The Bertz CT molecular complexity index is 466. The Hall–Kier alpha value is -2.10. The summed E-state index contributed by atoms with van der Waals surface area (Å²) in [6.07, 6.45) is -0.535. The Labute approximate surface area is 105 Å². The Kier molecular flexibility index (Phi) is 3.77. The molecule has 6 nitrogen and oxygen atoms in total.